The summed E-state index contributed by atoms with van der Waals surface area (Å²) in [6.45, 7) is 5.88. The van der Waals surface area contributed by atoms with Gasteiger partial charge in [-0.1, -0.05) is 12.2 Å². The van der Waals surface area contributed by atoms with Crippen LogP contribution in [0.4, 0.5) is 0 Å². The van der Waals surface area contributed by atoms with Crippen LogP contribution in [-0.4, -0.2) is 41.3 Å². The topological polar surface area (TPSA) is 65.0 Å². The van der Waals surface area contributed by atoms with E-state index in [4.69, 9.17) is 19.3 Å². The van der Waals surface area contributed by atoms with E-state index in [-0.39, 0.29) is 30.8 Å². The van der Waals surface area contributed by atoms with Crippen LogP contribution in [0.5, 0.6) is 0 Å². The Morgan fingerprint density at radius 3 is 2.75 bits per heavy atom. The minimum absolute atomic E-state index is 0.0529. The molecule has 0 amide bonds. The number of carbonyl (C=O) groups is 1. The first-order valence-corrected chi connectivity index (χ1v) is 7.23. The average Bonchev–Trinajstić information content (AvgIpc) is 2.24. The van der Waals surface area contributed by atoms with E-state index in [1.54, 1.807) is 0 Å². The molecule has 2 rings (SSSR count). The fraction of sp³-hybridized carbons (Fsp3) is 0.800. The molecule has 0 saturated carbocycles. The molecule has 1 fully saturated rings. The van der Waals surface area contributed by atoms with Crippen LogP contribution in [0.2, 0.25) is 0 Å². The Hall–Kier alpha value is -0.910. The lowest BCUT2D eigenvalue weighted by molar-refractivity contribution is -0.299. The van der Waals surface area contributed by atoms with E-state index in [1.807, 2.05) is 32.9 Å². The number of ether oxygens (including phenoxy) is 3. The Balaban J connectivity index is 1.88. The molecule has 4 atom stereocenters. The van der Waals surface area contributed by atoms with Gasteiger partial charge in [-0.05, 0) is 33.6 Å². The third-order valence-corrected chi connectivity index (χ3v) is 3.54. The average molecular weight is 284 g/mol. The molecule has 0 aromatic rings. The molecule has 2 aliphatic rings. The van der Waals surface area contributed by atoms with E-state index in [2.05, 4.69) is 0 Å². The number of hydrogen-bond acceptors (Lipinski definition) is 4. The summed E-state index contributed by atoms with van der Waals surface area (Å²) < 4.78 is 17.4. The van der Waals surface area contributed by atoms with Crippen molar-refractivity contribution in [3.05, 3.63) is 12.2 Å². The van der Waals surface area contributed by atoms with E-state index < -0.39 is 11.8 Å². The molecule has 114 valence electrons. The maximum absolute atomic E-state index is 10.7. The van der Waals surface area contributed by atoms with Crippen LogP contribution in [0.25, 0.3) is 0 Å². The molecule has 20 heavy (non-hydrogen) atoms. The third kappa shape index (κ3) is 4.58. The van der Waals surface area contributed by atoms with Crippen molar-refractivity contribution < 1.29 is 24.1 Å². The van der Waals surface area contributed by atoms with Crippen LogP contribution in [0, 0.1) is 0 Å². The lowest BCUT2D eigenvalue weighted by Gasteiger charge is -2.41. The van der Waals surface area contributed by atoms with Gasteiger partial charge in [0.2, 0.25) is 0 Å². The number of carboxylic acids is 1. The van der Waals surface area contributed by atoms with E-state index in [0.29, 0.717) is 6.42 Å². The number of rotatable bonds is 4. The molecule has 5 heteroatoms. The largest absolute Gasteiger partial charge is 0.481 e. The van der Waals surface area contributed by atoms with Crippen molar-refractivity contribution in [1.82, 2.24) is 0 Å². The lowest BCUT2D eigenvalue weighted by Crippen LogP contribution is -2.45. The highest BCUT2D eigenvalue weighted by Gasteiger charge is 2.35. The Kier molecular flexibility index (Phi) is 4.83. The van der Waals surface area contributed by atoms with Crippen molar-refractivity contribution in [2.75, 3.05) is 0 Å². The van der Waals surface area contributed by atoms with Crippen LogP contribution in [0.3, 0.4) is 0 Å². The molecule has 1 saturated heterocycles. The highest BCUT2D eigenvalue weighted by Crippen LogP contribution is 2.30. The summed E-state index contributed by atoms with van der Waals surface area (Å²) in [5.74, 6) is -1.39. The number of hydrogen-bond donors (Lipinski definition) is 1. The summed E-state index contributed by atoms with van der Waals surface area (Å²) in [7, 11) is 0. The highest BCUT2D eigenvalue weighted by atomic mass is 16.7. The van der Waals surface area contributed by atoms with Crippen LogP contribution >= 0.6 is 0 Å². The molecular formula is C15H24O5. The molecule has 1 N–H and O–H groups in total. The summed E-state index contributed by atoms with van der Waals surface area (Å²) in [5.41, 5.74) is 0. The fourth-order valence-electron chi connectivity index (χ4n) is 2.97. The van der Waals surface area contributed by atoms with E-state index in [0.717, 1.165) is 12.8 Å². The summed E-state index contributed by atoms with van der Waals surface area (Å²) in [6, 6.07) is 0. The smallest absolute Gasteiger partial charge is 0.305 e. The van der Waals surface area contributed by atoms with Crippen molar-refractivity contribution in [1.29, 1.82) is 0 Å². The molecule has 0 spiro atoms. The van der Waals surface area contributed by atoms with Crippen molar-refractivity contribution in [2.24, 2.45) is 0 Å². The van der Waals surface area contributed by atoms with Gasteiger partial charge in [-0.15, -0.1) is 0 Å². The normalized spacial score (nSPS) is 36.8. The first-order chi connectivity index (χ1) is 9.34. The van der Waals surface area contributed by atoms with Gasteiger partial charge in [-0.3, -0.25) is 4.79 Å². The molecule has 0 aromatic heterocycles. The Labute approximate surface area is 119 Å². The zero-order valence-electron chi connectivity index (χ0n) is 12.4. The van der Waals surface area contributed by atoms with E-state index in [9.17, 15) is 4.79 Å². The number of aliphatic carboxylic acids is 1. The van der Waals surface area contributed by atoms with Gasteiger partial charge in [0.15, 0.2) is 5.79 Å². The predicted octanol–water partition coefficient (Wildman–Crippen LogP) is 2.50. The monoisotopic (exact) mass is 284 g/mol. The van der Waals surface area contributed by atoms with Crippen molar-refractivity contribution in [3.8, 4) is 0 Å². The molecule has 2 heterocycles. The van der Waals surface area contributed by atoms with Crippen molar-refractivity contribution in [2.45, 2.75) is 76.7 Å². The molecule has 0 aliphatic carbocycles. The summed E-state index contributed by atoms with van der Waals surface area (Å²) >= 11 is 0. The zero-order chi connectivity index (χ0) is 14.8. The molecule has 0 radical (unpaired) electrons. The quantitative estimate of drug-likeness (QED) is 0.803. The maximum Gasteiger partial charge on any atom is 0.305 e. The highest BCUT2D eigenvalue weighted by molar-refractivity contribution is 5.67. The van der Waals surface area contributed by atoms with Gasteiger partial charge < -0.3 is 19.3 Å². The Morgan fingerprint density at radius 1 is 1.35 bits per heavy atom. The Bertz CT molecular complexity index is 376. The molecule has 0 bridgehead atoms. The number of carboxylic acid groups (broad SMARTS) is 1. The molecule has 0 aromatic carbocycles. The van der Waals surface area contributed by atoms with Gasteiger partial charge in [-0.2, -0.15) is 0 Å². The van der Waals surface area contributed by atoms with Crippen LogP contribution in [0.15, 0.2) is 12.2 Å². The van der Waals surface area contributed by atoms with Gasteiger partial charge in [0.05, 0.1) is 30.8 Å². The van der Waals surface area contributed by atoms with Crippen LogP contribution in [-0.2, 0) is 19.0 Å². The summed E-state index contributed by atoms with van der Waals surface area (Å²) in [5, 5.41) is 8.83. The Morgan fingerprint density at radius 2 is 2.10 bits per heavy atom. The lowest BCUT2D eigenvalue weighted by atomic mass is 10.0. The first-order valence-electron chi connectivity index (χ1n) is 7.23. The second-order valence-electron chi connectivity index (χ2n) is 6.10. The van der Waals surface area contributed by atoms with E-state index >= 15 is 0 Å². The van der Waals surface area contributed by atoms with Crippen molar-refractivity contribution in [3.63, 3.8) is 0 Å². The fourth-order valence-corrected chi connectivity index (χ4v) is 2.97. The van der Waals surface area contributed by atoms with Gasteiger partial charge >= 0.3 is 5.97 Å². The van der Waals surface area contributed by atoms with Gasteiger partial charge in [0, 0.05) is 6.42 Å². The van der Waals surface area contributed by atoms with Crippen LogP contribution in [0.1, 0.15) is 46.5 Å². The summed E-state index contributed by atoms with van der Waals surface area (Å²) in [4.78, 5) is 10.7. The van der Waals surface area contributed by atoms with Gasteiger partial charge in [-0.25, -0.2) is 0 Å². The maximum atomic E-state index is 10.7. The van der Waals surface area contributed by atoms with Gasteiger partial charge in [0.1, 0.15) is 0 Å². The SMILES string of the molecule is C[C@@H]1C[C@H](C[C@@H]2C=CC[C@@H](CC(=O)O)O2)OC(C)(C)O1. The second kappa shape index (κ2) is 6.24. The second-order valence-corrected chi connectivity index (χ2v) is 6.10. The van der Waals surface area contributed by atoms with Crippen LogP contribution < -0.4 is 0 Å². The molecule has 2 aliphatic heterocycles. The molecular weight excluding hydrogens is 260 g/mol. The summed E-state index contributed by atoms with van der Waals surface area (Å²) in [6.07, 6.45) is 6.25. The zero-order valence-corrected chi connectivity index (χ0v) is 12.4. The third-order valence-electron chi connectivity index (χ3n) is 3.54. The van der Waals surface area contributed by atoms with Gasteiger partial charge in [0.25, 0.3) is 0 Å². The molecule has 5 nitrogen and oxygen atoms in total. The first kappa shape index (κ1) is 15.5. The van der Waals surface area contributed by atoms with E-state index in [1.165, 1.54) is 0 Å². The molecule has 0 unspecified atom stereocenters. The minimum Gasteiger partial charge on any atom is -0.481 e. The minimum atomic E-state index is -0.818. The standard InChI is InChI=1S/C15H24O5/c1-10-7-13(20-15(2,3)19-10)8-11-5-4-6-12(18-11)9-14(16)17/h4-5,10-13H,6-9H2,1-3H3,(H,16,17)/t10-,11+,12+,13-/m1/s1. The predicted molar refractivity (Wildman–Crippen MR) is 73.4 cm³/mol. The van der Waals surface area contributed by atoms with Crippen molar-refractivity contribution >= 4 is 5.97 Å².